The molecule has 4 heteroatoms. The van der Waals surface area contributed by atoms with Crippen LogP contribution in [0, 0.1) is 0 Å². The van der Waals surface area contributed by atoms with Crippen LogP contribution in [0.15, 0.2) is 0 Å². The molecule has 0 aliphatic heterocycles. The number of carbonyl (C=O) groups excluding carboxylic acids is 1. The molecule has 2 N–H and O–H groups in total. The Morgan fingerprint density at radius 1 is 1.31 bits per heavy atom. The van der Waals surface area contributed by atoms with Crippen molar-refractivity contribution in [2.75, 3.05) is 34.2 Å². The summed E-state index contributed by atoms with van der Waals surface area (Å²) in [6.45, 7) is 3.53. The number of likely N-dealkylation sites (N-methyl/N-ethyl adjacent to an activating group) is 2. The minimum Gasteiger partial charge on any atom is -0.343 e. The molecule has 0 saturated heterocycles. The van der Waals surface area contributed by atoms with Crippen molar-refractivity contribution < 1.29 is 4.79 Å². The van der Waals surface area contributed by atoms with E-state index in [0.29, 0.717) is 6.42 Å². The minimum absolute atomic E-state index is 0.0318. The Balaban J connectivity index is 3.82. The lowest BCUT2D eigenvalue weighted by Gasteiger charge is -2.22. The van der Waals surface area contributed by atoms with Crippen LogP contribution >= 0.6 is 0 Å². The summed E-state index contributed by atoms with van der Waals surface area (Å²) >= 11 is 0. The monoisotopic (exact) mass is 187 g/mol. The molecule has 0 heterocycles. The maximum absolute atomic E-state index is 11.5. The molecule has 0 aliphatic carbocycles. The third kappa shape index (κ3) is 4.85. The molecule has 0 unspecified atom stereocenters. The van der Waals surface area contributed by atoms with Gasteiger partial charge < -0.3 is 15.5 Å². The van der Waals surface area contributed by atoms with E-state index >= 15 is 0 Å². The number of rotatable bonds is 5. The van der Waals surface area contributed by atoms with Crippen molar-refractivity contribution in [1.82, 2.24) is 9.80 Å². The van der Waals surface area contributed by atoms with Crippen molar-refractivity contribution in [1.29, 1.82) is 0 Å². The van der Waals surface area contributed by atoms with Crippen molar-refractivity contribution in [2.24, 2.45) is 5.73 Å². The summed E-state index contributed by atoms with van der Waals surface area (Å²) < 4.78 is 0. The van der Waals surface area contributed by atoms with Gasteiger partial charge in [0.1, 0.15) is 0 Å². The Morgan fingerprint density at radius 2 is 1.85 bits per heavy atom. The van der Waals surface area contributed by atoms with Gasteiger partial charge in [-0.05, 0) is 20.5 Å². The molecule has 1 amide bonds. The summed E-state index contributed by atoms with van der Waals surface area (Å²) in [7, 11) is 5.76. The number of nitrogens with two attached hydrogens (primary N) is 1. The van der Waals surface area contributed by atoms with E-state index in [4.69, 9.17) is 5.73 Å². The fraction of sp³-hybridized carbons (Fsp3) is 0.889. The van der Waals surface area contributed by atoms with Crippen molar-refractivity contribution in [3.8, 4) is 0 Å². The summed E-state index contributed by atoms with van der Waals surface area (Å²) in [5.41, 5.74) is 5.62. The highest BCUT2D eigenvalue weighted by molar-refractivity contribution is 5.81. The van der Waals surface area contributed by atoms with Gasteiger partial charge in [0.25, 0.3) is 0 Å². The van der Waals surface area contributed by atoms with Crippen LogP contribution in [0.5, 0.6) is 0 Å². The Bertz CT molecular complexity index is 159. The smallest absolute Gasteiger partial charge is 0.239 e. The predicted octanol–water partition coefficient (Wildman–Crippen LogP) is -0.256. The van der Waals surface area contributed by atoms with Gasteiger partial charge in [-0.15, -0.1) is 0 Å². The molecule has 0 aromatic heterocycles. The Hall–Kier alpha value is -0.610. The zero-order valence-corrected chi connectivity index (χ0v) is 9.08. The quantitative estimate of drug-likeness (QED) is 0.645. The van der Waals surface area contributed by atoms with Crippen LogP contribution in [-0.4, -0.2) is 56.0 Å². The molecule has 13 heavy (non-hydrogen) atoms. The van der Waals surface area contributed by atoms with Crippen LogP contribution in [0.1, 0.15) is 13.3 Å². The molecule has 0 rings (SSSR count). The zero-order valence-electron chi connectivity index (χ0n) is 9.08. The van der Waals surface area contributed by atoms with Crippen LogP contribution < -0.4 is 5.73 Å². The molecule has 0 fully saturated rings. The maximum Gasteiger partial charge on any atom is 0.239 e. The molecule has 0 aliphatic rings. The van der Waals surface area contributed by atoms with E-state index in [-0.39, 0.29) is 11.9 Å². The summed E-state index contributed by atoms with van der Waals surface area (Å²) in [4.78, 5) is 15.2. The molecule has 1 atom stereocenters. The lowest BCUT2D eigenvalue weighted by Crippen LogP contribution is -2.43. The van der Waals surface area contributed by atoms with Gasteiger partial charge in [0.15, 0.2) is 0 Å². The van der Waals surface area contributed by atoms with E-state index in [0.717, 1.165) is 13.1 Å². The van der Waals surface area contributed by atoms with Gasteiger partial charge in [-0.2, -0.15) is 0 Å². The van der Waals surface area contributed by atoms with Gasteiger partial charge in [-0.1, -0.05) is 6.92 Å². The van der Waals surface area contributed by atoms with Crippen molar-refractivity contribution >= 4 is 5.91 Å². The van der Waals surface area contributed by atoms with E-state index in [9.17, 15) is 4.79 Å². The first-order valence-electron chi connectivity index (χ1n) is 4.64. The predicted molar refractivity (Wildman–Crippen MR) is 54.5 cm³/mol. The number of amides is 1. The molecule has 0 aromatic rings. The van der Waals surface area contributed by atoms with E-state index in [2.05, 4.69) is 0 Å². The highest BCUT2D eigenvalue weighted by atomic mass is 16.2. The van der Waals surface area contributed by atoms with Gasteiger partial charge in [0, 0.05) is 20.1 Å². The maximum atomic E-state index is 11.5. The standard InChI is InChI=1S/C9H21N3O/c1-5-8(10)9(13)12(4)7-6-11(2)3/h8H,5-7,10H2,1-4H3/t8-/m1/s1. The molecule has 0 bridgehead atoms. The lowest BCUT2D eigenvalue weighted by molar-refractivity contribution is -0.131. The van der Waals surface area contributed by atoms with Crippen LogP contribution in [0.2, 0.25) is 0 Å². The normalized spacial score (nSPS) is 13.1. The van der Waals surface area contributed by atoms with Crippen LogP contribution in [0.4, 0.5) is 0 Å². The highest BCUT2D eigenvalue weighted by Gasteiger charge is 2.15. The van der Waals surface area contributed by atoms with Crippen LogP contribution in [0.25, 0.3) is 0 Å². The van der Waals surface area contributed by atoms with Gasteiger partial charge in [0.05, 0.1) is 6.04 Å². The summed E-state index contributed by atoms with van der Waals surface area (Å²) in [5, 5.41) is 0. The van der Waals surface area contributed by atoms with E-state index < -0.39 is 0 Å². The second-order valence-electron chi connectivity index (χ2n) is 3.58. The first-order chi connectivity index (χ1) is 5.99. The summed E-state index contributed by atoms with van der Waals surface area (Å²) in [6.07, 6.45) is 0.700. The molecule has 0 spiro atoms. The van der Waals surface area contributed by atoms with E-state index in [1.54, 1.807) is 11.9 Å². The lowest BCUT2D eigenvalue weighted by atomic mass is 10.2. The molecule has 0 saturated carbocycles. The van der Waals surface area contributed by atoms with Gasteiger partial charge >= 0.3 is 0 Å². The highest BCUT2D eigenvalue weighted by Crippen LogP contribution is 1.93. The number of nitrogens with zero attached hydrogens (tertiary/aromatic N) is 2. The summed E-state index contributed by atoms with van der Waals surface area (Å²) in [6, 6.07) is -0.341. The Kier molecular flexibility index (Phi) is 5.66. The topological polar surface area (TPSA) is 49.6 Å². The largest absolute Gasteiger partial charge is 0.343 e. The Morgan fingerprint density at radius 3 is 2.23 bits per heavy atom. The number of hydrogen-bond acceptors (Lipinski definition) is 3. The molecule has 78 valence electrons. The second kappa shape index (κ2) is 5.94. The first-order valence-corrected chi connectivity index (χ1v) is 4.64. The van der Waals surface area contributed by atoms with Gasteiger partial charge in [0.2, 0.25) is 5.91 Å². The van der Waals surface area contributed by atoms with Crippen LogP contribution in [0.3, 0.4) is 0 Å². The average Bonchev–Trinajstić information content (AvgIpc) is 2.11. The zero-order chi connectivity index (χ0) is 10.4. The van der Waals surface area contributed by atoms with Gasteiger partial charge in [-0.25, -0.2) is 0 Å². The molecule has 0 radical (unpaired) electrons. The average molecular weight is 187 g/mol. The first kappa shape index (κ1) is 12.4. The number of carbonyl (C=O) groups is 1. The van der Waals surface area contributed by atoms with Crippen molar-refractivity contribution in [3.63, 3.8) is 0 Å². The van der Waals surface area contributed by atoms with Gasteiger partial charge in [-0.3, -0.25) is 4.79 Å². The SMILES string of the molecule is CC[C@@H](N)C(=O)N(C)CCN(C)C. The molecule has 4 nitrogen and oxygen atoms in total. The minimum atomic E-state index is -0.341. The molecule has 0 aromatic carbocycles. The fourth-order valence-electron chi connectivity index (χ4n) is 0.918. The van der Waals surface area contributed by atoms with Crippen molar-refractivity contribution in [3.05, 3.63) is 0 Å². The second-order valence-corrected chi connectivity index (χ2v) is 3.58. The van der Waals surface area contributed by atoms with E-state index in [1.807, 2.05) is 25.9 Å². The number of hydrogen-bond donors (Lipinski definition) is 1. The molecular weight excluding hydrogens is 166 g/mol. The Labute approximate surface area is 80.7 Å². The third-order valence-electron chi connectivity index (χ3n) is 2.02. The molecular formula is C9H21N3O. The summed E-state index contributed by atoms with van der Waals surface area (Å²) in [5.74, 6) is 0.0318. The fourth-order valence-corrected chi connectivity index (χ4v) is 0.918. The van der Waals surface area contributed by atoms with Crippen LogP contribution in [-0.2, 0) is 4.79 Å². The third-order valence-corrected chi connectivity index (χ3v) is 2.02. The van der Waals surface area contributed by atoms with E-state index in [1.165, 1.54) is 0 Å². The van der Waals surface area contributed by atoms with Crippen molar-refractivity contribution in [2.45, 2.75) is 19.4 Å².